The highest BCUT2D eigenvalue weighted by atomic mass is 35.5. The lowest BCUT2D eigenvalue weighted by Gasteiger charge is -2.36. The number of imidazole rings is 1. The standard InChI is InChI=1S/C17H24ClN3/c1-11-6-5-7-15-16(11)19-17(13(3)18)21(15)14-8-9-20(4)10-12(14)2/h5-7,12-14H,8-10H2,1-4H3. The van der Waals surface area contributed by atoms with Crippen molar-refractivity contribution in [1.29, 1.82) is 0 Å². The van der Waals surface area contributed by atoms with Crippen LogP contribution in [0.3, 0.4) is 0 Å². The maximum atomic E-state index is 6.43. The van der Waals surface area contributed by atoms with Crippen molar-refractivity contribution < 1.29 is 0 Å². The Morgan fingerprint density at radius 3 is 2.81 bits per heavy atom. The Morgan fingerprint density at radius 2 is 2.14 bits per heavy atom. The molecule has 1 aliphatic rings. The smallest absolute Gasteiger partial charge is 0.127 e. The number of hydrogen-bond acceptors (Lipinski definition) is 2. The first-order valence-corrected chi connectivity index (χ1v) is 8.22. The zero-order valence-corrected chi connectivity index (χ0v) is 14.1. The van der Waals surface area contributed by atoms with E-state index in [1.807, 2.05) is 6.92 Å². The normalized spacial score (nSPS) is 25.4. The predicted octanol–water partition coefficient (Wildman–Crippen LogP) is 4.16. The number of likely N-dealkylation sites (tertiary alicyclic amines) is 1. The second-order valence-corrected chi connectivity index (χ2v) is 7.15. The maximum Gasteiger partial charge on any atom is 0.127 e. The third-order valence-electron chi connectivity index (χ3n) is 4.70. The van der Waals surface area contributed by atoms with E-state index in [1.165, 1.54) is 11.1 Å². The highest BCUT2D eigenvalue weighted by Crippen LogP contribution is 2.35. The van der Waals surface area contributed by atoms with Gasteiger partial charge in [0.25, 0.3) is 0 Å². The van der Waals surface area contributed by atoms with Crippen molar-refractivity contribution >= 4 is 22.6 Å². The van der Waals surface area contributed by atoms with Gasteiger partial charge in [-0.2, -0.15) is 0 Å². The van der Waals surface area contributed by atoms with E-state index in [1.54, 1.807) is 0 Å². The summed E-state index contributed by atoms with van der Waals surface area (Å²) in [6.07, 6.45) is 1.16. The minimum absolute atomic E-state index is 0.0661. The number of aryl methyl sites for hydroxylation is 1. The minimum Gasteiger partial charge on any atom is -0.323 e. The summed E-state index contributed by atoms with van der Waals surface area (Å²) in [6, 6.07) is 6.92. The van der Waals surface area contributed by atoms with Gasteiger partial charge in [0.1, 0.15) is 5.82 Å². The van der Waals surface area contributed by atoms with Crippen molar-refractivity contribution in [3.05, 3.63) is 29.6 Å². The Balaban J connectivity index is 2.16. The SMILES string of the molecule is Cc1cccc2c1nc(C(C)Cl)n2C1CCN(C)CC1C. The molecule has 3 rings (SSSR count). The molecule has 0 aliphatic carbocycles. The second-order valence-electron chi connectivity index (χ2n) is 6.49. The van der Waals surface area contributed by atoms with Crippen LogP contribution in [-0.4, -0.2) is 34.6 Å². The zero-order chi connectivity index (χ0) is 15.1. The molecule has 0 radical (unpaired) electrons. The van der Waals surface area contributed by atoms with Crippen LogP contribution in [0.25, 0.3) is 11.0 Å². The topological polar surface area (TPSA) is 21.1 Å². The molecule has 1 saturated heterocycles. The fraction of sp³-hybridized carbons (Fsp3) is 0.588. The summed E-state index contributed by atoms with van der Waals surface area (Å²) in [5.74, 6) is 1.62. The van der Waals surface area contributed by atoms with Crippen LogP contribution >= 0.6 is 11.6 Å². The summed E-state index contributed by atoms with van der Waals surface area (Å²) in [6.45, 7) is 8.75. The van der Waals surface area contributed by atoms with Crippen LogP contribution < -0.4 is 0 Å². The molecule has 0 N–H and O–H groups in total. The molecule has 3 unspecified atom stereocenters. The van der Waals surface area contributed by atoms with E-state index in [9.17, 15) is 0 Å². The Bertz CT molecular complexity index is 647. The molecule has 1 aromatic carbocycles. The number of para-hydroxylation sites is 1. The highest BCUT2D eigenvalue weighted by molar-refractivity contribution is 6.20. The Hall–Kier alpha value is -1.06. The number of alkyl halides is 1. The van der Waals surface area contributed by atoms with Crippen LogP contribution in [0.15, 0.2) is 18.2 Å². The van der Waals surface area contributed by atoms with Gasteiger partial charge in [0.15, 0.2) is 0 Å². The van der Waals surface area contributed by atoms with E-state index in [2.05, 4.69) is 48.6 Å². The molecular weight excluding hydrogens is 282 g/mol. The van der Waals surface area contributed by atoms with Gasteiger partial charge >= 0.3 is 0 Å². The van der Waals surface area contributed by atoms with Crippen molar-refractivity contribution in [3.8, 4) is 0 Å². The summed E-state index contributed by atoms with van der Waals surface area (Å²) < 4.78 is 2.41. The summed E-state index contributed by atoms with van der Waals surface area (Å²) in [7, 11) is 2.20. The first-order valence-electron chi connectivity index (χ1n) is 7.79. The fourth-order valence-electron chi connectivity index (χ4n) is 3.63. The predicted molar refractivity (Wildman–Crippen MR) is 89.1 cm³/mol. The largest absolute Gasteiger partial charge is 0.323 e. The lowest BCUT2D eigenvalue weighted by atomic mass is 9.93. The van der Waals surface area contributed by atoms with Crippen LogP contribution in [0.4, 0.5) is 0 Å². The Labute approximate surface area is 131 Å². The van der Waals surface area contributed by atoms with Crippen molar-refractivity contribution in [2.45, 2.75) is 38.6 Å². The van der Waals surface area contributed by atoms with E-state index in [-0.39, 0.29) is 5.38 Å². The van der Waals surface area contributed by atoms with Gasteiger partial charge in [-0.15, -0.1) is 11.6 Å². The number of halogens is 1. The van der Waals surface area contributed by atoms with Crippen molar-refractivity contribution in [2.24, 2.45) is 5.92 Å². The third-order valence-corrected chi connectivity index (χ3v) is 4.89. The molecule has 1 aliphatic heterocycles. The summed E-state index contributed by atoms with van der Waals surface area (Å²) in [5.41, 5.74) is 3.57. The van der Waals surface area contributed by atoms with Gasteiger partial charge in [-0.1, -0.05) is 19.1 Å². The summed E-state index contributed by atoms with van der Waals surface area (Å²) >= 11 is 6.43. The number of rotatable bonds is 2. The third kappa shape index (κ3) is 2.58. The zero-order valence-electron chi connectivity index (χ0n) is 13.3. The molecule has 0 spiro atoms. The minimum atomic E-state index is -0.0661. The van der Waals surface area contributed by atoms with E-state index in [0.717, 1.165) is 30.9 Å². The first kappa shape index (κ1) is 14.9. The lowest BCUT2D eigenvalue weighted by molar-refractivity contribution is 0.159. The average Bonchev–Trinajstić information content (AvgIpc) is 2.80. The molecule has 3 nitrogen and oxygen atoms in total. The van der Waals surface area contributed by atoms with Crippen LogP contribution in [0.1, 0.15) is 43.1 Å². The molecule has 114 valence electrons. The molecular formula is C17H24ClN3. The number of fused-ring (bicyclic) bond motifs is 1. The number of benzene rings is 1. The molecule has 21 heavy (non-hydrogen) atoms. The van der Waals surface area contributed by atoms with Crippen LogP contribution in [0, 0.1) is 12.8 Å². The number of hydrogen-bond donors (Lipinski definition) is 0. The molecule has 0 amide bonds. The van der Waals surface area contributed by atoms with Crippen molar-refractivity contribution in [3.63, 3.8) is 0 Å². The van der Waals surface area contributed by atoms with Crippen molar-refractivity contribution in [1.82, 2.24) is 14.5 Å². The molecule has 1 fully saturated rings. The maximum absolute atomic E-state index is 6.43. The van der Waals surface area contributed by atoms with Gasteiger partial charge in [-0.05, 0) is 51.4 Å². The van der Waals surface area contributed by atoms with Crippen LogP contribution in [0.2, 0.25) is 0 Å². The lowest BCUT2D eigenvalue weighted by Crippen LogP contribution is -2.38. The van der Waals surface area contributed by atoms with Gasteiger partial charge in [-0.3, -0.25) is 0 Å². The summed E-state index contributed by atoms with van der Waals surface area (Å²) in [5, 5.41) is -0.0661. The monoisotopic (exact) mass is 305 g/mol. The van der Waals surface area contributed by atoms with E-state index < -0.39 is 0 Å². The van der Waals surface area contributed by atoms with E-state index in [0.29, 0.717) is 12.0 Å². The van der Waals surface area contributed by atoms with E-state index in [4.69, 9.17) is 16.6 Å². The molecule has 4 heteroatoms. The van der Waals surface area contributed by atoms with Crippen LogP contribution in [0.5, 0.6) is 0 Å². The molecule has 2 heterocycles. The van der Waals surface area contributed by atoms with Gasteiger partial charge in [0.05, 0.1) is 16.4 Å². The van der Waals surface area contributed by atoms with Gasteiger partial charge in [0.2, 0.25) is 0 Å². The second kappa shape index (κ2) is 5.62. The first-order chi connectivity index (χ1) is 9.99. The van der Waals surface area contributed by atoms with Gasteiger partial charge < -0.3 is 9.47 Å². The molecule has 1 aromatic heterocycles. The van der Waals surface area contributed by atoms with E-state index >= 15 is 0 Å². The Morgan fingerprint density at radius 1 is 1.38 bits per heavy atom. The van der Waals surface area contributed by atoms with Crippen molar-refractivity contribution in [2.75, 3.05) is 20.1 Å². The molecule has 0 saturated carbocycles. The van der Waals surface area contributed by atoms with Gasteiger partial charge in [0, 0.05) is 12.6 Å². The fourth-order valence-corrected chi connectivity index (χ4v) is 3.78. The quantitative estimate of drug-likeness (QED) is 0.777. The highest BCUT2D eigenvalue weighted by Gasteiger charge is 2.30. The number of piperidine rings is 1. The average molecular weight is 306 g/mol. The summed E-state index contributed by atoms with van der Waals surface area (Å²) in [4.78, 5) is 7.27. The number of aromatic nitrogens is 2. The molecule has 2 aromatic rings. The Kier molecular flexibility index (Phi) is 3.98. The number of nitrogens with zero attached hydrogens (tertiary/aromatic N) is 3. The molecule has 0 bridgehead atoms. The van der Waals surface area contributed by atoms with Gasteiger partial charge in [-0.25, -0.2) is 4.98 Å². The van der Waals surface area contributed by atoms with Crippen LogP contribution in [-0.2, 0) is 0 Å². The molecule has 3 atom stereocenters.